The minimum absolute atomic E-state index is 0.0215. The number of hydrogen-bond acceptors (Lipinski definition) is 4. The Morgan fingerprint density at radius 1 is 0.885 bits per heavy atom. The smallest absolute Gasteiger partial charge is 0.235 e. The maximum atomic E-state index is 12.9. The van der Waals surface area contributed by atoms with Crippen LogP contribution < -0.4 is 0 Å². The Kier molecular flexibility index (Phi) is 5.98. The molecular formula is C22H20O4. The van der Waals surface area contributed by atoms with Crippen molar-refractivity contribution in [2.75, 3.05) is 0 Å². The first kappa shape index (κ1) is 19.4. The summed E-state index contributed by atoms with van der Waals surface area (Å²) in [5.74, 6) is -0.647. The highest BCUT2D eigenvalue weighted by Gasteiger charge is 2.26. The average Bonchev–Trinajstić information content (AvgIpc) is 2.59. The van der Waals surface area contributed by atoms with Crippen LogP contribution in [0.1, 0.15) is 64.6 Å². The van der Waals surface area contributed by atoms with Gasteiger partial charge in [-0.15, -0.1) is 0 Å². The van der Waals surface area contributed by atoms with Crippen molar-refractivity contribution in [1.82, 2.24) is 0 Å². The largest absolute Gasteiger partial charge is 0.294 e. The molecule has 0 aromatic heterocycles. The second-order valence-electron chi connectivity index (χ2n) is 7.36. The van der Waals surface area contributed by atoms with Gasteiger partial charge in [-0.2, -0.15) is 0 Å². The summed E-state index contributed by atoms with van der Waals surface area (Å²) in [6.45, 7) is 5.74. The van der Waals surface area contributed by atoms with Gasteiger partial charge in [-0.25, -0.2) is 0 Å². The molecule has 0 saturated heterocycles. The van der Waals surface area contributed by atoms with Gasteiger partial charge in [-0.3, -0.25) is 19.2 Å². The Labute approximate surface area is 153 Å². The van der Waals surface area contributed by atoms with Crippen LogP contribution >= 0.6 is 0 Å². The summed E-state index contributed by atoms with van der Waals surface area (Å²) in [5.41, 5.74) is 0.322. The summed E-state index contributed by atoms with van der Waals surface area (Å²) in [6, 6.07) is 11.8. The highest BCUT2D eigenvalue weighted by atomic mass is 16.1. The van der Waals surface area contributed by atoms with Gasteiger partial charge >= 0.3 is 0 Å². The van der Waals surface area contributed by atoms with Crippen molar-refractivity contribution in [1.29, 1.82) is 0 Å². The molecule has 26 heavy (non-hydrogen) atoms. The Bertz CT molecular complexity index is 842. The Hall–Kier alpha value is -2.88. The van der Waals surface area contributed by atoms with Gasteiger partial charge in [-0.1, -0.05) is 51.1 Å². The van der Waals surface area contributed by atoms with Crippen molar-refractivity contribution in [2.24, 2.45) is 5.41 Å². The normalized spacial score (nSPS) is 11.0. The van der Waals surface area contributed by atoms with Crippen LogP contribution in [0.2, 0.25) is 0 Å². The highest BCUT2D eigenvalue weighted by molar-refractivity contribution is 6.15. The zero-order chi connectivity index (χ0) is 19.3. The molecule has 0 bridgehead atoms. The standard InChI is InChI=1S/C22H20O4/c1-22(2,3)12-20(26)17-10-9-16(13-23)18(14-24)21(17)19(25)11-15-7-5-4-6-8-15/h4-10H,11-12H2,1-3H3. The van der Waals surface area contributed by atoms with Crippen molar-refractivity contribution in [2.45, 2.75) is 33.6 Å². The topological polar surface area (TPSA) is 68.3 Å². The number of rotatable bonds is 7. The molecular weight excluding hydrogens is 328 g/mol. The van der Waals surface area contributed by atoms with E-state index < -0.39 is 5.78 Å². The van der Waals surface area contributed by atoms with E-state index in [0.717, 1.165) is 5.56 Å². The lowest BCUT2D eigenvalue weighted by Crippen LogP contribution is -2.19. The predicted octanol–water partition coefficient (Wildman–Crippen LogP) is 3.65. The van der Waals surface area contributed by atoms with Gasteiger partial charge in [0.05, 0.1) is 0 Å². The van der Waals surface area contributed by atoms with Crippen LogP contribution in [0, 0.1) is 5.41 Å². The van der Waals surface area contributed by atoms with Crippen molar-refractivity contribution in [3.63, 3.8) is 0 Å². The van der Waals surface area contributed by atoms with Gasteiger partial charge in [-0.05, 0) is 23.1 Å². The SMILES string of the molecule is CC(C)(C)CC(=O)c1ccc([C]=O)c([C]=O)c1C(=O)Cc1ccccc1. The molecule has 0 atom stereocenters. The lowest BCUT2D eigenvalue weighted by molar-refractivity contribution is 0.0923. The predicted molar refractivity (Wildman–Crippen MR) is 98.9 cm³/mol. The fourth-order valence-electron chi connectivity index (χ4n) is 2.76. The molecule has 2 aromatic carbocycles. The van der Waals surface area contributed by atoms with Gasteiger partial charge in [0.25, 0.3) is 0 Å². The Morgan fingerprint density at radius 3 is 2.08 bits per heavy atom. The van der Waals surface area contributed by atoms with Gasteiger partial charge in [0.15, 0.2) is 11.6 Å². The number of carbonyl (C=O) groups excluding carboxylic acids is 4. The Morgan fingerprint density at radius 2 is 1.54 bits per heavy atom. The van der Waals surface area contributed by atoms with Crippen molar-refractivity contribution in [3.05, 3.63) is 70.3 Å². The fraction of sp³-hybridized carbons (Fsp3) is 0.273. The van der Waals surface area contributed by atoms with Crippen LogP contribution in [-0.2, 0) is 16.0 Å². The second kappa shape index (κ2) is 8.00. The van der Waals surface area contributed by atoms with E-state index in [0.29, 0.717) is 0 Å². The second-order valence-corrected chi connectivity index (χ2v) is 7.36. The van der Waals surface area contributed by atoms with E-state index in [1.54, 1.807) is 36.8 Å². The summed E-state index contributed by atoms with van der Waals surface area (Å²) in [4.78, 5) is 48.2. The maximum absolute atomic E-state index is 12.9. The lowest BCUT2D eigenvalue weighted by Gasteiger charge is -2.19. The van der Waals surface area contributed by atoms with E-state index in [-0.39, 0.29) is 46.3 Å². The molecule has 0 aliphatic heterocycles. The third-order valence-electron chi connectivity index (χ3n) is 3.89. The lowest BCUT2D eigenvalue weighted by atomic mass is 9.83. The number of benzene rings is 2. The van der Waals surface area contributed by atoms with E-state index in [1.807, 2.05) is 26.8 Å². The summed E-state index contributed by atoms with van der Waals surface area (Å²) in [5, 5.41) is 0. The highest BCUT2D eigenvalue weighted by Crippen LogP contribution is 2.26. The van der Waals surface area contributed by atoms with E-state index in [9.17, 15) is 19.2 Å². The third-order valence-corrected chi connectivity index (χ3v) is 3.89. The summed E-state index contributed by atoms with van der Waals surface area (Å²) in [6.07, 6.45) is 3.53. The van der Waals surface area contributed by atoms with Crippen LogP contribution in [0.4, 0.5) is 0 Å². The van der Waals surface area contributed by atoms with Crippen LogP contribution in [0.3, 0.4) is 0 Å². The summed E-state index contributed by atoms with van der Waals surface area (Å²) < 4.78 is 0. The molecule has 0 spiro atoms. The first-order valence-electron chi connectivity index (χ1n) is 8.30. The van der Waals surface area contributed by atoms with Gasteiger partial charge in [0.2, 0.25) is 12.6 Å². The van der Waals surface area contributed by atoms with Crippen molar-refractivity contribution in [3.8, 4) is 0 Å². The molecule has 4 nitrogen and oxygen atoms in total. The number of ketones is 2. The molecule has 0 saturated carbocycles. The zero-order valence-corrected chi connectivity index (χ0v) is 15.1. The quantitative estimate of drug-likeness (QED) is 0.716. The number of carbonyl (C=O) groups is 2. The fourth-order valence-corrected chi connectivity index (χ4v) is 2.76. The maximum Gasteiger partial charge on any atom is 0.235 e. The van der Waals surface area contributed by atoms with E-state index in [1.165, 1.54) is 12.1 Å². The van der Waals surface area contributed by atoms with E-state index in [2.05, 4.69) is 0 Å². The average molecular weight is 348 g/mol. The first-order chi connectivity index (χ1) is 12.3. The van der Waals surface area contributed by atoms with Crippen LogP contribution in [0.5, 0.6) is 0 Å². The molecule has 2 radical (unpaired) electrons. The van der Waals surface area contributed by atoms with E-state index in [4.69, 9.17) is 0 Å². The van der Waals surface area contributed by atoms with Gasteiger partial charge in [0, 0.05) is 35.1 Å². The molecule has 2 aromatic rings. The van der Waals surface area contributed by atoms with Crippen LogP contribution in [0.15, 0.2) is 42.5 Å². The van der Waals surface area contributed by atoms with Crippen LogP contribution in [-0.4, -0.2) is 24.1 Å². The van der Waals surface area contributed by atoms with Crippen molar-refractivity contribution < 1.29 is 19.2 Å². The van der Waals surface area contributed by atoms with Gasteiger partial charge in [0.1, 0.15) is 0 Å². The molecule has 0 N–H and O–H groups in total. The summed E-state index contributed by atoms with van der Waals surface area (Å²) >= 11 is 0. The number of Topliss-reactive ketones (excluding diaryl/α,β-unsaturated/α-hetero) is 2. The monoisotopic (exact) mass is 348 g/mol. The molecule has 0 amide bonds. The molecule has 0 aliphatic carbocycles. The van der Waals surface area contributed by atoms with Gasteiger partial charge < -0.3 is 0 Å². The molecule has 0 unspecified atom stereocenters. The number of hydrogen-bond donors (Lipinski definition) is 0. The van der Waals surface area contributed by atoms with Crippen molar-refractivity contribution >= 4 is 24.1 Å². The Balaban J connectivity index is 2.55. The summed E-state index contributed by atoms with van der Waals surface area (Å²) in [7, 11) is 0. The van der Waals surface area contributed by atoms with Crippen LogP contribution in [0.25, 0.3) is 0 Å². The molecule has 0 aliphatic rings. The molecule has 4 heteroatoms. The molecule has 0 fully saturated rings. The molecule has 132 valence electrons. The first-order valence-corrected chi connectivity index (χ1v) is 8.30. The van der Waals surface area contributed by atoms with E-state index >= 15 is 0 Å². The minimum atomic E-state index is -0.399. The third kappa shape index (κ3) is 4.60. The molecule has 2 rings (SSSR count). The minimum Gasteiger partial charge on any atom is -0.294 e. The molecule has 0 heterocycles. The zero-order valence-electron chi connectivity index (χ0n) is 15.1.